The highest BCUT2D eigenvalue weighted by molar-refractivity contribution is 6.35. The van der Waals surface area contributed by atoms with E-state index in [0.29, 0.717) is 11.6 Å². The molecule has 0 aliphatic carbocycles. The van der Waals surface area contributed by atoms with Crippen LogP contribution < -0.4 is 0 Å². The lowest BCUT2D eigenvalue weighted by molar-refractivity contribution is 0.478. The van der Waals surface area contributed by atoms with Crippen LogP contribution in [0, 0.1) is 0 Å². The van der Waals surface area contributed by atoms with Crippen molar-refractivity contribution >= 4 is 28.6 Å². The number of hydrogen-bond donors (Lipinski definition) is 0. The molecule has 1 aromatic heterocycles. The lowest BCUT2D eigenvalue weighted by Gasteiger charge is -2.22. The molecular weight excluding hydrogens is 274 g/mol. The molecule has 108 valence electrons. The molecule has 0 spiro atoms. The van der Waals surface area contributed by atoms with Crippen molar-refractivity contribution in [1.82, 2.24) is 19.4 Å². The van der Waals surface area contributed by atoms with Gasteiger partial charge in [-0.3, -0.25) is 0 Å². The van der Waals surface area contributed by atoms with Crippen LogP contribution in [0.25, 0.3) is 11.0 Å². The van der Waals surface area contributed by atoms with E-state index in [4.69, 9.17) is 11.6 Å². The zero-order valence-corrected chi connectivity index (χ0v) is 13.3. The second-order valence-corrected chi connectivity index (χ2v) is 5.51. The van der Waals surface area contributed by atoms with E-state index in [-0.39, 0.29) is 0 Å². The minimum Gasteiger partial charge on any atom is -0.349 e. The summed E-state index contributed by atoms with van der Waals surface area (Å²) in [6, 6.07) is 5.76. The summed E-state index contributed by atoms with van der Waals surface area (Å²) in [7, 11) is 9.88. The van der Waals surface area contributed by atoms with Crippen LogP contribution >= 0.6 is 11.6 Å². The lowest BCUT2D eigenvalue weighted by atomic mass is 10.3. The number of aliphatic imine (C=N–C) groups is 1. The Balaban J connectivity index is 2.38. The molecule has 2 aromatic rings. The molecule has 2 rings (SSSR count). The van der Waals surface area contributed by atoms with E-state index in [2.05, 4.69) is 9.98 Å². The van der Waals surface area contributed by atoms with Crippen molar-refractivity contribution in [2.24, 2.45) is 12.0 Å². The summed E-state index contributed by atoms with van der Waals surface area (Å²) >= 11 is 6.23. The third-order valence-corrected chi connectivity index (χ3v) is 3.40. The number of benzene rings is 1. The fourth-order valence-corrected chi connectivity index (χ4v) is 2.53. The van der Waals surface area contributed by atoms with Gasteiger partial charge in [0, 0.05) is 35.2 Å². The molecule has 0 N–H and O–H groups in total. The van der Waals surface area contributed by atoms with E-state index in [1.807, 2.05) is 67.8 Å². The van der Waals surface area contributed by atoms with Crippen molar-refractivity contribution in [2.45, 2.75) is 6.54 Å². The summed E-state index contributed by atoms with van der Waals surface area (Å²) in [5.41, 5.74) is 1.86. The van der Waals surface area contributed by atoms with Crippen LogP contribution in [-0.2, 0) is 13.6 Å². The molecular formula is C14H20ClN5. The number of guanidine groups is 1. The van der Waals surface area contributed by atoms with Gasteiger partial charge in [-0.25, -0.2) is 9.98 Å². The maximum Gasteiger partial charge on any atom is 0.195 e. The van der Waals surface area contributed by atoms with E-state index in [9.17, 15) is 0 Å². The third-order valence-electron chi connectivity index (χ3n) is 3.10. The highest BCUT2D eigenvalue weighted by atomic mass is 35.5. The van der Waals surface area contributed by atoms with Gasteiger partial charge in [0.2, 0.25) is 0 Å². The monoisotopic (exact) mass is 293 g/mol. The van der Waals surface area contributed by atoms with Crippen molar-refractivity contribution in [3.8, 4) is 0 Å². The summed E-state index contributed by atoms with van der Waals surface area (Å²) in [4.78, 5) is 13.2. The standard InChI is InChI=1S/C14H20ClN5/c1-18(2)14(19(3)4)16-9-12-17-11-8-6-7-10(15)13(11)20(12)5/h6-8H,9H2,1-5H3. The van der Waals surface area contributed by atoms with Crippen LogP contribution in [0.1, 0.15) is 5.82 Å². The number of aryl methyl sites for hydroxylation is 1. The molecule has 0 saturated heterocycles. The summed E-state index contributed by atoms with van der Waals surface area (Å²) in [6.45, 7) is 0.521. The average molecular weight is 294 g/mol. The first-order valence-corrected chi connectivity index (χ1v) is 6.78. The molecule has 0 aliphatic rings. The van der Waals surface area contributed by atoms with Crippen LogP contribution in [-0.4, -0.2) is 53.5 Å². The number of nitrogens with zero attached hydrogens (tertiary/aromatic N) is 5. The van der Waals surface area contributed by atoms with Gasteiger partial charge in [-0.05, 0) is 12.1 Å². The molecule has 0 aliphatic heterocycles. The smallest absolute Gasteiger partial charge is 0.195 e. The summed E-state index contributed by atoms with van der Waals surface area (Å²) in [5.74, 6) is 1.80. The van der Waals surface area contributed by atoms with Gasteiger partial charge in [0.25, 0.3) is 0 Å². The molecule has 0 unspecified atom stereocenters. The molecule has 0 fully saturated rings. The second kappa shape index (κ2) is 5.71. The summed E-state index contributed by atoms with van der Waals surface area (Å²) in [6.07, 6.45) is 0. The predicted molar refractivity (Wildman–Crippen MR) is 84.2 cm³/mol. The average Bonchev–Trinajstić information content (AvgIpc) is 2.67. The highest BCUT2D eigenvalue weighted by Crippen LogP contribution is 2.23. The summed E-state index contributed by atoms with van der Waals surface area (Å²) < 4.78 is 2.00. The SMILES string of the molecule is CN(C)C(=NCc1nc2cccc(Cl)c2n1C)N(C)C. The topological polar surface area (TPSA) is 36.7 Å². The molecule has 0 amide bonds. The Labute approximate surface area is 124 Å². The van der Waals surface area contributed by atoms with E-state index in [1.165, 1.54) is 0 Å². The maximum atomic E-state index is 6.23. The van der Waals surface area contributed by atoms with Crippen molar-refractivity contribution < 1.29 is 0 Å². The van der Waals surface area contributed by atoms with Crippen LogP contribution in [0.4, 0.5) is 0 Å². The van der Waals surface area contributed by atoms with Gasteiger partial charge < -0.3 is 14.4 Å². The zero-order chi connectivity index (χ0) is 14.9. The number of aromatic nitrogens is 2. The van der Waals surface area contributed by atoms with E-state index in [1.54, 1.807) is 0 Å². The number of halogens is 1. The predicted octanol–water partition coefficient (Wildman–Crippen LogP) is 2.21. The van der Waals surface area contributed by atoms with Crippen LogP contribution in [0.15, 0.2) is 23.2 Å². The highest BCUT2D eigenvalue weighted by Gasteiger charge is 2.11. The normalized spacial score (nSPS) is 10.7. The Hall–Kier alpha value is -1.75. The zero-order valence-electron chi connectivity index (χ0n) is 12.6. The fourth-order valence-electron chi connectivity index (χ4n) is 2.23. The van der Waals surface area contributed by atoms with Crippen LogP contribution in [0.5, 0.6) is 0 Å². The van der Waals surface area contributed by atoms with Gasteiger partial charge in [-0.2, -0.15) is 0 Å². The van der Waals surface area contributed by atoms with Gasteiger partial charge in [-0.1, -0.05) is 17.7 Å². The minimum atomic E-state index is 0.521. The Morgan fingerprint density at radius 2 is 1.90 bits per heavy atom. The van der Waals surface area contributed by atoms with Crippen molar-refractivity contribution in [1.29, 1.82) is 0 Å². The maximum absolute atomic E-state index is 6.23. The minimum absolute atomic E-state index is 0.521. The molecule has 0 bridgehead atoms. The van der Waals surface area contributed by atoms with Gasteiger partial charge in [0.1, 0.15) is 12.4 Å². The molecule has 5 nitrogen and oxygen atoms in total. The Morgan fingerprint density at radius 1 is 1.25 bits per heavy atom. The number of imidazole rings is 1. The second-order valence-electron chi connectivity index (χ2n) is 5.10. The largest absolute Gasteiger partial charge is 0.349 e. The number of para-hydroxylation sites is 1. The molecule has 6 heteroatoms. The van der Waals surface area contributed by atoms with E-state index < -0.39 is 0 Å². The first-order valence-electron chi connectivity index (χ1n) is 6.40. The third kappa shape index (κ3) is 2.72. The lowest BCUT2D eigenvalue weighted by Crippen LogP contribution is -2.35. The van der Waals surface area contributed by atoms with E-state index >= 15 is 0 Å². The van der Waals surface area contributed by atoms with Crippen LogP contribution in [0.3, 0.4) is 0 Å². The molecule has 1 aromatic carbocycles. The number of hydrogen-bond acceptors (Lipinski definition) is 2. The van der Waals surface area contributed by atoms with Gasteiger partial charge in [0.05, 0.1) is 16.1 Å². The Bertz CT molecular complexity index is 632. The number of fused-ring (bicyclic) bond motifs is 1. The van der Waals surface area contributed by atoms with Gasteiger partial charge >= 0.3 is 0 Å². The Morgan fingerprint density at radius 3 is 2.45 bits per heavy atom. The fraction of sp³-hybridized carbons (Fsp3) is 0.429. The molecule has 0 saturated carbocycles. The molecule has 0 atom stereocenters. The first kappa shape index (κ1) is 14.7. The first-order chi connectivity index (χ1) is 9.41. The Kier molecular flexibility index (Phi) is 4.18. The molecule has 0 radical (unpaired) electrons. The van der Waals surface area contributed by atoms with E-state index in [0.717, 1.165) is 22.8 Å². The molecule has 20 heavy (non-hydrogen) atoms. The van der Waals surface area contributed by atoms with Crippen LogP contribution in [0.2, 0.25) is 5.02 Å². The number of rotatable bonds is 2. The van der Waals surface area contributed by atoms with Crippen molar-refractivity contribution in [2.75, 3.05) is 28.2 Å². The van der Waals surface area contributed by atoms with Crippen molar-refractivity contribution in [3.05, 3.63) is 29.0 Å². The van der Waals surface area contributed by atoms with Gasteiger partial charge in [0.15, 0.2) is 5.96 Å². The quantitative estimate of drug-likeness (QED) is 0.629. The summed E-state index contributed by atoms with van der Waals surface area (Å²) in [5, 5.41) is 0.716. The molecule has 1 heterocycles. The van der Waals surface area contributed by atoms with Crippen molar-refractivity contribution in [3.63, 3.8) is 0 Å². The van der Waals surface area contributed by atoms with Gasteiger partial charge in [-0.15, -0.1) is 0 Å².